The minimum atomic E-state index is 0.756. The molecule has 2 rings (SSSR count). The lowest BCUT2D eigenvalue weighted by Crippen LogP contribution is -2.14. The van der Waals surface area contributed by atoms with Gasteiger partial charge in [0.2, 0.25) is 0 Å². The van der Waals surface area contributed by atoms with Gasteiger partial charge in [-0.15, -0.1) is 0 Å². The van der Waals surface area contributed by atoms with Crippen LogP contribution in [0.15, 0.2) is 29.3 Å². The third-order valence-corrected chi connectivity index (χ3v) is 3.25. The molecular weight excluding hydrogens is 208 g/mol. The molecule has 0 N–H and O–H groups in total. The summed E-state index contributed by atoms with van der Waals surface area (Å²) in [6, 6.07) is 8.87. The van der Waals surface area contributed by atoms with Gasteiger partial charge in [-0.05, 0) is 44.0 Å². The van der Waals surface area contributed by atoms with E-state index in [1.807, 2.05) is 0 Å². The van der Waals surface area contributed by atoms with E-state index in [0.29, 0.717) is 0 Å². The molecule has 0 bridgehead atoms. The molecule has 0 radical (unpaired) electrons. The van der Waals surface area contributed by atoms with Gasteiger partial charge in [0.05, 0.1) is 0 Å². The number of hydrogen-bond donors (Lipinski definition) is 0. The van der Waals surface area contributed by atoms with Gasteiger partial charge in [0.25, 0.3) is 0 Å². The summed E-state index contributed by atoms with van der Waals surface area (Å²) < 4.78 is 0. The number of nitrogens with zero attached hydrogens (tertiary/aromatic N) is 2. The van der Waals surface area contributed by atoms with Crippen LogP contribution >= 0.6 is 0 Å². The van der Waals surface area contributed by atoms with E-state index in [9.17, 15) is 0 Å². The maximum absolute atomic E-state index is 4.68. The minimum absolute atomic E-state index is 0.756. The van der Waals surface area contributed by atoms with Gasteiger partial charge < -0.3 is 4.90 Å². The Morgan fingerprint density at radius 3 is 2.47 bits per heavy atom. The van der Waals surface area contributed by atoms with E-state index in [-0.39, 0.29) is 0 Å². The number of aliphatic imine (C=N–C) groups is 1. The van der Waals surface area contributed by atoms with Crippen molar-refractivity contribution in [1.82, 2.24) is 4.90 Å². The van der Waals surface area contributed by atoms with Gasteiger partial charge in [-0.1, -0.05) is 31.2 Å². The number of hydrogen-bond acceptors (Lipinski definition) is 2. The van der Waals surface area contributed by atoms with E-state index in [1.165, 1.54) is 23.3 Å². The lowest BCUT2D eigenvalue weighted by Gasteiger charge is -2.18. The summed E-state index contributed by atoms with van der Waals surface area (Å²) in [5, 5.41) is 0. The van der Waals surface area contributed by atoms with E-state index in [0.717, 1.165) is 25.4 Å². The largest absolute Gasteiger partial charge is 0.305 e. The molecule has 17 heavy (non-hydrogen) atoms. The van der Waals surface area contributed by atoms with Crippen LogP contribution < -0.4 is 0 Å². The molecule has 2 heteroatoms. The monoisotopic (exact) mass is 230 g/mol. The van der Waals surface area contributed by atoms with Crippen molar-refractivity contribution in [3.63, 3.8) is 0 Å². The van der Waals surface area contributed by atoms with Crippen molar-refractivity contribution in [2.45, 2.75) is 26.3 Å². The molecule has 1 atom stereocenters. The topological polar surface area (TPSA) is 15.6 Å². The number of benzene rings is 1. The molecule has 1 aromatic rings. The van der Waals surface area contributed by atoms with Gasteiger partial charge in [0.15, 0.2) is 0 Å². The molecular formula is C15H22N2. The fourth-order valence-corrected chi connectivity index (χ4v) is 2.22. The molecule has 2 nitrogen and oxygen atoms in total. The molecule has 0 fully saturated rings. The Kier molecular flexibility index (Phi) is 3.95. The van der Waals surface area contributed by atoms with Crippen LogP contribution in [0.3, 0.4) is 0 Å². The molecule has 0 aromatic heterocycles. The molecule has 0 amide bonds. The highest BCUT2D eigenvalue weighted by molar-refractivity contribution is 6.00. The molecule has 1 aromatic carbocycles. The first-order chi connectivity index (χ1) is 8.15. The molecule has 1 aliphatic heterocycles. The SMILES string of the molecule is C[C@H]1CCC(c2ccc(CN(C)C)cc2)=NC1. The van der Waals surface area contributed by atoms with E-state index in [4.69, 9.17) is 0 Å². The summed E-state index contributed by atoms with van der Waals surface area (Å²) in [6.07, 6.45) is 2.41. The lowest BCUT2D eigenvalue weighted by molar-refractivity contribution is 0.402. The zero-order chi connectivity index (χ0) is 12.3. The first-order valence-electron chi connectivity index (χ1n) is 6.42. The van der Waals surface area contributed by atoms with Crippen molar-refractivity contribution in [2.75, 3.05) is 20.6 Å². The van der Waals surface area contributed by atoms with E-state index >= 15 is 0 Å². The smallest absolute Gasteiger partial charge is 0.0420 e. The Labute approximate surface area is 104 Å². The number of rotatable bonds is 3. The Bertz CT molecular complexity index is 390. The molecule has 0 saturated carbocycles. The van der Waals surface area contributed by atoms with Crippen LogP contribution in [0.4, 0.5) is 0 Å². The maximum atomic E-state index is 4.68. The maximum Gasteiger partial charge on any atom is 0.0420 e. The summed E-state index contributed by atoms with van der Waals surface area (Å²) in [5.74, 6) is 0.756. The van der Waals surface area contributed by atoms with Crippen LogP contribution in [0, 0.1) is 5.92 Å². The predicted molar refractivity (Wildman–Crippen MR) is 73.6 cm³/mol. The van der Waals surface area contributed by atoms with Gasteiger partial charge in [-0.25, -0.2) is 0 Å². The highest BCUT2D eigenvalue weighted by atomic mass is 15.0. The third kappa shape index (κ3) is 3.40. The molecule has 0 unspecified atom stereocenters. The van der Waals surface area contributed by atoms with Crippen LogP contribution in [-0.2, 0) is 6.54 Å². The molecule has 0 saturated heterocycles. The highest BCUT2D eigenvalue weighted by Gasteiger charge is 2.12. The predicted octanol–water partition coefficient (Wildman–Crippen LogP) is 2.97. The van der Waals surface area contributed by atoms with Crippen LogP contribution in [0.1, 0.15) is 30.9 Å². The van der Waals surface area contributed by atoms with Crippen LogP contribution in [0.5, 0.6) is 0 Å². The normalized spacial score (nSPS) is 20.5. The van der Waals surface area contributed by atoms with Crippen LogP contribution in [-0.4, -0.2) is 31.3 Å². The Morgan fingerprint density at radius 2 is 1.94 bits per heavy atom. The molecule has 1 heterocycles. The second-order valence-electron chi connectivity index (χ2n) is 5.37. The zero-order valence-corrected chi connectivity index (χ0v) is 11.1. The van der Waals surface area contributed by atoms with Gasteiger partial charge in [-0.3, -0.25) is 4.99 Å². The molecule has 1 aliphatic rings. The summed E-state index contributed by atoms with van der Waals surface area (Å²) in [7, 11) is 4.20. The van der Waals surface area contributed by atoms with E-state index in [2.05, 4.69) is 55.2 Å². The van der Waals surface area contributed by atoms with Gasteiger partial charge >= 0.3 is 0 Å². The van der Waals surface area contributed by atoms with Crippen LogP contribution in [0.2, 0.25) is 0 Å². The van der Waals surface area contributed by atoms with Crippen molar-refractivity contribution >= 4 is 5.71 Å². The quantitative estimate of drug-likeness (QED) is 0.779. The molecule has 0 aliphatic carbocycles. The first kappa shape index (κ1) is 12.3. The third-order valence-electron chi connectivity index (χ3n) is 3.25. The van der Waals surface area contributed by atoms with Crippen molar-refractivity contribution in [1.29, 1.82) is 0 Å². The first-order valence-corrected chi connectivity index (χ1v) is 6.42. The van der Waals surface area contributed by atoms with Gasteiger partial charge in [0, 0.05) is 18.8 Å². The van der Waals surface area contributed by atoms with Crippen molar-refractivity contribution in [3.8, 4) is 0 Å². The van der Waals surface area contributed by atoms with Crippen molar-refractivity contribution < 1.29 is 0 Å². The summed E-state index contributed by atoms with van der Waals surface area (Å²) in [5.41, 5.74) is 3.96. The van der Waals surface area contributed by atoms with Gasteiger partial charge in [0.1, 0.15) is 0 Å². The van der Waals surface area contributed by atoms with Gasteiger partial charge in [-0.2, -0.15) is 0 Å². The van der Waals surface area contributed by atoms with E-state index < -0.39 is 0 Å². The summed E-state index contributed by atoms with van der Waals surface area (Å²) >= 11 is 0. The van der Waals surface area contributed by atoms with Crippen molar-refractivity contribution in [3.05, 3.63) is 35.4 Å². The Balaban J connectivity index is 2.07. The van der Waals surface area contributed by atoms with E-state index in [1.54, 1.807) is 0 Å². The second-order valence-corrected chi connectivity index (χ2v) is 5.37. The Hall–Kier alpha value is -1.15. The summed E-state index contributed by atoms with van der Waals surface area (Å²) in [6.45, 7) is 4.28. The standard InChI is InChI=1S/C15H22N2/c1-12-4-9-15(16-10-12)14-7-5-13(6-8-14)11-17(2)3/h5-8,12H,4,9-11H2,1-3H3/t12-/m0/s1. The minimum Gasteiger partial charge on any atom is -0.305 e. The second kappa shape index (κ2) is 5.46. The fraction of sp³-hybridized carbons (Fsp3) is 0.533. The lowest BCUT2D eigenvalue weighted by atomic mass is 9.95. The average molecular weight is 230 g/mol. The molecule has 0 spiro atoms. The average Bonchev–Trinajstić information content (AvgIpc) is 2.30. The summed E-state index contributed by atoms with van der Waals surface area (Å²) in [4.78, 5) is 6.87. The zero-order valence-electron chi connectivity index (χ0n) is 11.1. The Morgan fingerprint density at radius 1 is 1.24 bits per heavy atom. The highest BCUT2D eigenvalue weighted by Crippen LogP contribution is 2.18. The van der Waals surface area contributed by atoms with Crippen molar-refractivity contribution in [2.24, 2.45) is 10.9 Å². The van der Waals surface area contributed by atoms with Crippen LogP contribution in [0.25, 0.3) is 0 Å². The fourth-order valence-electron chi connectivity index (χ4n) is 2.22. The molecule has 92 valence electrons.